The summed E-state index contributed by atoms with van der Waals surface area (Å²) < 4.78 is 24.5. The number of anilines is 1. The number of nitrogens with one attached hydrogen (secondary N) is 1. The van der Waals surface area contributed by atoms with Gasteiger partial charge in [-0.25, -0.2) is 8.42 Å². The van der Waals surface area contributed by atoms with Crippen molar-refractivity contribution < 1.29 is 8.42 Å². The zero-order valence-corrected chi connectivity index (χ0v) is 15.2. The Kier molecular flexibility index (Phi) is 4.65. The molecule has 1 aliphatic heterocycles. The topological polar surface area (TPSA) is 49.4 Å². The van der Waals surface area contributed by atoms with Gasteiger partial charge in [-0.15, -0.1) is 0 Å². The van der Waals surface area contributed by atoms with E-state index in [0.29, 0.717) is 17.9 Å². The maximum atomic E-state index is 12.2. The van der Waals surface area contributed by atoms with Gasteiger partial charge in [0.1, 0.15) is 0 Å². The van der Waals surface area contributed by atoms with E-state index < -0.39 is 9.84 Å². The highest BCUT2D eigenvalue weighted by atomic mass is 32.2. The van der Waals surface area contributed by atoms with E-state index in [1.54, 1.807) is 12.1 Å². The molecule has 1 N–H and O–H groups in total. The molecule has 128 valence electrons. The zero-order chi connectivity index (χ0) is 17.3. The number of nitrogens with zero attached hydrogens (tertiary/aromatic N) is 1. The second-order valence-corrected chi connectivity index (χ2v) is 8.68. The van der Waals surface area contributed by atoms with Crippen molar-refractivity contribution in [3.05, 3.63) is 59.2 Å². The van der Waals surface area contributed by atoms with Crippen molar-refractivity contribution in [2.75, 3.05) is 24.7 Å². The van der Waals surface area contributed by atoms with Crippen molar-refractivity contribution in [3.63, 3.8) is 0 Å². The van der Waals surface area contributed by atoms with Gasteiger partial charge < -0.3 is 10.2 Å². The Morgan fingerprint density at radius 3 is 2.67 bits per heavy atom. The summed E-state index contributed by atoms with van der Waals surface area (Å²) >= 11 is 0. The third kappa shape index (κ3) is 3.32. The van der Waals surface area contributed by atoms with Crippen LogP contribution in [0.25, 0.3) is 0 Å². The molecule has 1 heterocycles. The lowest BCUT2D eigenvalue weighted by molar-refractivity contribution is 0.491. The van der Waals surface area contributed by atoms with Gasteiger partial charge in [-0.1, -0.05) is 30.3 Å². The fourth-order valence-electron chi connectivity index (χ4n) is 3.27. The van der Waals surface area contributed by atoms with E-state index in [1.165, 1.54) is 16.8 Å². The molecular weight excluding hydrogens is 320 g/mol. The summed E-state index contributed by atoms with van der Waals surface area (Å²) in [6.07, 6.45) is 0.614. The fourth-order valence-corrected chi connectivity index (χ4v) is 4.90. The summed E-state index contributed by atoms with van der Waals surface area (Å²) in [5.41, 5.74) is 4.54. The molecule has 0 radical (unpaired) electrons. The number of hydrogen-bond acceptors (Lipinski definition) is 4. The number of sulfone groups is 1. The molecule has 2 aromatic rings. The van der Waals surface area contributed by atoms with E-state index in [4.69, 9.17) is 0 Å². The summed E-state index contributed by atoms with van der Waals surface area (Å²) in [7, 11) is 0.951. The first-order chi connectivity index (χ1) is 11.4. The standard InChI is InChI=1S/C19H24N2O2S/c1-14-8-9-15(18(12-14)21(2)3)13-20-17-10-11-24(22,23)19-7-5-4-6-16(17)19/h4-9,12,17,20H,10-11,13H2,1-3H3/t17-/m1/s1. The molecule has 0 fully saturated rings. The van der Waals surface area contributed by atoms with Crippen LogP contribution < -0.4 is 10.2 Å². The molecule has 0 aromatic heterocycles. The van der Waals surface area contributed by atoms with Gasteiger partial charge in [0.25, 0.3) is 0 Å². The Balaban J connectivity index is 1.84. The van der Waals surface area contributed by atoms with Crippen molar-refractivity contribution in [2.24, 2.45) is 0 Å². The van der Waals surface area contributed by atoms with Crippen LogP contribution >= 0.6 is 0 Å². The molecule has 0 saturated carbocycles. The predicted molar refractivity (Wildman–Crippen MR) is 98.2 cm³/mol. The summed E-state index contributed by atoms with van der Waals surface area (Å²) in [5, 5.41) is 3.56. The van der Waals surface area contributed by atoms with Crippen molar-refractivity contribution in [3.8, 4) is 0 Å². The highest BCUT2D eigenvalue weighted by Gasteiger charge is 2.29. The SMILES string of the molecule is Cc1ccc(CN[C@@H]2CCS(=O)(=O)c3ccccc32)c(N(C)C)c1. The van der Waals surface area contributed by atoms with E-state index in [1.807, 2.05) is 26.2 Å². The molecule has 24 heavy (non-hydrogen) atoms. The molecule has 0 aliphatic carbocycles. The number of hydrogen-bond donors (Lipinski definition) is 1. The van der Waals surface area contributed by atoms with E-state index in [0.717, 1.165) is 5.56 Å². The largest absolute Gasteiger partial charge is 0.377 e. The van der Waals surface area contributed by atoms with Crippen molar-refractivity contribution in [2.45, 2.75) is 30.8 Å². The van der Waals surface area contributed by atoms with Crippen LogP contribution in [0.3, 0.4) is 0 Å². The molecule has 4 nitrogen and oxygen atoms in total. The lowest BCUT2D eigenvalue weighted by Crippen LogP contribution is -2.30. The van der Waals surface area contributed by atoms with Crippen LogP contribution in [0.5, 0.6) is 0 Å². The summed E-state index contributed by atoms with van der Waals surface area (Å²) in [4.78, 5) is 2.59. The van der Waals surface area contributed by atoms with Gasteiger partial charge in [0.2, 0.25) is 0 Å². The number of benzene rings is 2. The van der Waals surface area contributed by atoms with Crippen molar-refractivity contribution >= 4 is 15.5 Å². The van der Waals surface area contributed by atoms with Crippen LogP contribution in [0.4, 0.5) is 5.69 Å². The third-order valence-electron chi connectivity index (χ3n) is 4.57. The fraction of sp³-hybridized carbons (Fsp3) is 0.368. The molecule has 0 amide bonds. The average Bonchev–Trinajstić information content (AvgIpc) is 2.55. The molecule has 3 rings (SSSR count). The summed E-state index contributed by atoms with van der Waals surface area (Å²) in [5.74, 6) is 0.204. The van der Waals surface area contributed by atoms with E-state index in [9.17, 15) is 8.42 Å². The minimum atomic E-state index is -3.13. The van der Waals surface area contributed by atoms with Crippen LogP contribution in [0.1, 0.15) is 29.2 Å². The predicted octanol–water partition coefficient (Wildman–Crippen LogP) is 3.07. The number of aryl methyl sites for hydroxylation is 1. The van der Waals surface area contributed by atoms with Crippen LogP contribution in [0.2, 0.25) is 0 Å². The van der Waals surface area contributed by atoms with Crippen molar-refractivity contribution in [1.29, 1.82) is 0 Å². The van der Waals surface area contributed by atoms with Gasteiger partial charge in [0.05, 0.1) is 10.6 Å². The highest BCUT2D eigenvalue weighted by molar-refractivity contribution is 7.91. The van der Waals surface area contributed by atoms with Gasteiger partial charge in [-0.2, -0.15) is 0 Å². The zero-order valence-electron chi connectivity index (χ0n) is 14.4. The second-order valence-electron chi connectivity index (χ2n) is 6.61. The van der Waals surface area contributed by atoms with E-state index >= 15 is 0 Å². The molecule has 1 atom stereocenters. The van der Waals surface area contributed by atoms with Crippen molar-refractivity contribution in [1.82, 2.24) is 5.32 Å². The quantitative estimate of drug-likeness (QED) is 0.926. The smallest absolute Gasteiger partial charge is 0.178 e. The van der Waals surface area contributed by atoms with E-state index in [-0.39, 0.29) is 11.8 Å². The molecule has 0 bridgehead atoms. The first-order valence-corrected chi connectivity index (χ1v) is 9.85. The van der Waals surface area contributed by atoms with Crippen LogP contribution in [-0.2, 0) is 16.4 Å². The molecule has 0 unspecified atom stereocenters. The molecule has 1 aliphatic rings. The molecule has 2 aromatic carbocycles. The Bertz CT molecular complexity index is 844. The Labute approximate surface area is 144 Å². The van der Waals surface area contributed by atoms with Gasteiger partial charge in [-0.05, 0) is 42.2 Å². The lowest BCUT2D eigenvalue weighted by Gasteiger charge is -2.27. The summed E-state index contributed by atoms with van der Waals surface area (Å²) in [6, 6.07) is 13.8. The minimum absolute atomic E-state index is 0.0704. The maximum absolute atomic E-state index is 12.2. The monoisotopic (exact) mass is 344 g/mol. The first kappa shape index (κ1) is 17.0. The van der Waals surface area contributed by atoms with Gasteiger partial charge in [0, 0.05) is 32.4 Å². The molecule has 0 saturated heterocycles. The normalized spacial score (nSPS) is 18.9. The minimum Gasteiger partial charge on any atom is -0.377 e. The lowest BCUT2D eigenvalue weighted by atomic mass is 10.0. The maximum Gasteiger partial charge on any atom is 0.178 e. The first-order valence-electron chi connectivity index (χ1n) is 8.20. The summed E-state index contributed by atoms with van der Waals surface area (Å²) in [6.45, 7) is 2.80. The number of fused-ring (bicyclic) bond motifs is 1. The molecule has 5 heteroatoms. The van der Waals surface area contributed by atoms with Gasteiger partial charge >= 0.3 is 0 Å². The van der Waals surface area contributed by atoms with Crippen LogP contribution in [0, 0.1) is 6.92 Å². The van der Waals surface area contributed by atoms with Gasteiger partial charge in [0.15, 0.2) is 9.84 Å². The van der Waals surface area contributed by atoms with Gasteiger partial charge in [-0.3, -0.25) is 0 Å². The van der Waals surface area contributed by atoms with E-state index in [2.05, 4.69) is 35.3 Å². The second kappa shape index (κ2) is 6.57. The highest BCUT2D eigenvalue weighted by Crippen LogP contribution is 2.32. The molecular formula is C19H24N2O2S. The van der Waals surface area contributed by atoms with Crippen LogP contribution in [0.15, 0.2) is 47.4 Å². The Morgan fingerprint density at radius 2 is 1.92 bits per heavy atom. The average molecular weight is 344 g/mol. The van der Waals surface area contributed by atoms with Crippen LogP contribution in [-0.4, -0.2) is 28.3 Å². The number of rotatable bonds is 4. The Morgan fingerprint density at radius 1 is 1.17 bits per heavy atom. The Hall–Kier alpha value is -1.85. The third-order valence-corrected chi connectivity index (χ3v) is 6.38. The molecule has 0 spiro atoms.